The third-order valence-electron chi connectivity index (χ3n) is 7.84. The van der Waals surface area contributed by atoms with E-state index in [0.717, 1.165) is 34.0 Å². The van der Waals surface area contributed by atoms with Crippen molar-refractivity contribution < 1.29 is 17.9 Å². The summed E-state index contributed by atoms with van der Waals surface area (Å²) in [5, 5.41) is 0.569. The van der Waals surface area contributed by atoms with Gasteiger partial charge in [-0.15, -0.1) is 0 Å². The van der Waals surface area contributed by atoms with Crippen LogP contribution in [0.1, 0.15) is 42.4 Å². The van der Waals surface area contributed by atoms with Gasteiger partial charge in [0, 0.05) is 31.9 Å². The van der Waals surface area contributed by atoms with Crippen molar-refractivity contribution in [1.29, 1.82) is 0 Å². The Bertz CT molecular complexity index is 1700. The molecule has 2 heterocycles. The number of para-hydroxylation sites is 1. The molecule has 1 aliphatic heterocycles. The number of carbonyl (C=O) groups excluding carboxylic acids is 1. The van der Waals surface area contributed by atoms with E-state index >= 15 is 0 Å². The molecule has 1 saturated heterocycles. The van der Waals surface area contributed by atoms with Crippen LogP contribution in [0.2, 0.25) is 5.02 Å². The second kappa shape index (κ2) is 11.6. The number of carbonyl (C=O) groups is 1. The van der Waals surface area contributed by atoms with E-state index in [1.54, 1.807) is 24.1 Å². The Morgan fingerprint density at radius 3 is 2.07 bits per heavy atom. The highest BCUT2D eigenvalue weighted by Crippen LogP contribution is 2.34. The summed E-state index contributed by atoms with van der Waals surface area (Å²) >= 11 is 6.62. The van der Waals surface area contributed by atoms with Gasteiger partial charge < -0.3 is 14.2 Å². The van der Waals surface area contributed by atoms with Gasteiger partial charge in [0.15, 0.2) is 0 Å². The predicted molar refractivity (Wildman–Crippen MR) is 167 cm³/mol. The van der Waals surface area contributed by atoms with Gasteiger partial charge in [0.1, 0.15) is 5.75 Å². The Kier molecular flexibility index (Phi) is 8.25. The minimum absolute atomic E-state index is 0.0650. The van der Waals surface area contributed by atoms with Crippen LogP contribution in [0.15, 0.2) is 83.8 Å². The van der Waals surface area contributed by atoms with Gasteiger partial charge in [-0.25, -0.2) is 8.42 Å². The number of hydrogen-bond donors (Lipinski definition) is 0. The van der Waals surface area contributed by atoms with E-state index in [4.69, 9.17) is 16.3 Å². The molecular formula is C33H36ClN3O4S. The van der Waals surface area contributed by atoms with Crippen LogP contribution in [0.3, 0.4) is 0 Å². The largest absolute Gasteiger partial charge is 0.497 e. The van der Waals surface area contributed by atoms with E-state index in [0.29, 0.717) is 23.7 Å². The van der Waals surface area contributed by atoms with Gasteiger partial charge in [-0.3, -0.25) is 4.79 Å². The van der Waals surface area contributed by atoms with Crippen molar-refractivity contribution in [3.8, 4) is 22.7 Å². The van der Waals surface area contributed by atoms with Gasteiger partial charge in [0.2, 0.25) is 10.0 Å². The molecule has 4 aromatic rings. The fourth-order valence-corrected chi connectivity index (χ4v) is 6.96. The molecular weight excluding hydrogens is 570 g/mol. The van der Waals surface area contributed by atoms with Gasteiger partial charge in [-0.2, -0.15) is 4.31 Å². The maximum atomic E-state index is 13.9. The van der Waals surface area contributed by atoms with Crippen LogP contribution in [0.4, 0.5) is 0 Å². The maximum Gasteiger partial charge on any atom is 0.255 e. The van der Waals surface area contributed by atoms with Crippen molar-refractivity contribution in [3.05, 3.63) is 101 Å². The Balaban J connectivity index is 1.40. The molecule has 3 aromatic carbocycles. The molecule has 0 N–H and O–H groups in total. The lowest BCUT2D eigenvalue weighted by atomic mass is 9.87. The number of piperazine rings is 1. The molecule has 220 valence electrons. The standard InChI is InChI=1S/C33H36ClN3O4S/c1-23-28(22-31(24-10-14-26(41-5)15-11-24)37(23)30-9-7-6-8-29(30)34)32(38)35-18-20-36(21-19-35)42(39,40)27-16-12-25(13-17-27)33(2,3)4/h6-17,22H,18-21H2,1-5H3. The third-order valence-corrected chi connectivity index (χ3v) is 10.1. The number of sulfonamides is 1. The summed E-state index contributed by atoms with van der Waals surface area (Å²) in [6, 6.07) is 24.2. The summed E-state index contributed by atoms with van der Waals surface area (Å²) in [6.07, 6.45) is 0. The van der Waals surface area contributed by atoms with Crippen LogP contribution in [0.25, 0.3) is 16.9 Å². The van der Waals surface area contributed by atoms with Crippen LogP contribution in [0, 0.1) is 6.92 Å². The maximum absolute atomic E-state index is 13.9. The lowest BCUT2D eigenvalue weighted by Crippen LogP contribution is -2.50. The van der Waals surface area contributed by atoms with Crippen LogP contribution in [-0.2, 0) is 15.4 Å². The quantitative estimate of drug-likeness (QED) is 0.250. The van der Waals surface area contributed by atoms with Crippen molar-refractivity contribution in [3.63, 3.8) is 0 Å². The fourth-order valence-electron chi connectivity index (χ4n) is 5.32. The number of rotatable bonds is 6. The first kappa shape index (κ1) is 29.9. The number of ether oxygens (including phenoxy) is 1. The molecule has 42 heavy (non-hydrogen) atoms. The molecule has 9 heteroatoms. The molecule has 1 fully saturated rings. The zero-order valence-electron chi connectivity index (χ0n) is 24.6. The predicted octanol–water partition coefficient (Wildman–Crippen LogP) is 6.56. The summed E-state index contributed by atoms with van der Waals surface area (Å²) in [4.78, 5) is 15.9. The number of methoxy groups -OCH3 is 1. The number of nitrogens with zero attached hydrogens (tertiary/aromatic N) is 3. The van der Waals surface area contributed by atoms with E-state index in [2.05, 4.69) is 20.8 Å². The van der Waals surface area contributed by atoms with Crippen molar-refractivity contribution >= 4 is 27.5 Å². The molecule has 1 aromatic heterocycles. The van der Waals surface area contributed by atoms with Crippen molar-refractivity contribution in [2.45, 2.75) is 38.0 Å². The first-order valence-corrected chi connectivity index (χ1v) is 15.8. The SMILES string of the molecule is COc1ccc(-c2cc(C(=O)N3CCN(S(=O)(=O)c4ccc(C(C)(C)C)cc4)CC3)c(C)n2-c2ccccc2Cl)cc1. The minimum Gasteiger partial charge on any atom is -0.497 e. The number of aromatic nitrogens is 1. The average molecular weight is 606 g/mol. The third kappa shape index (κ3) is 5.71. The van der Waals surface area contributed by atoms with Crippen LogP contribution < -0.4 is 4.74 Å². The number of hydrogen-bond acceptors (Lipinski definition) is 4. The second-order valence-electron chi connectivity index (χ2n) is 11.5. The van der Waals surface area contributed by atoms with Crippen molar-refractivity contribution in [2.75, 3.05) is 33.3 Å². The van der Waals surface area contributed by atoms with E-state index in [9.17, 15) is 13.2 Å². The van der Waals surface area contributed by atoms with Gasteiger partial charge >= 0.3 is 0 Å². The number of benzene rings is 3. The monoisotopic (exact) mass is 605 g/mol. The molecule has 0 bridgehead atoms. The van der Waals surface area contributed by atoms with Gasteiger partial charge in [-0.05, 0) is 78.1 Å². The fraction of sp³-hybridized carbons (Fsp3) is 0.303. The molecule has 0 saturated carbocycles. The lowest BCUT2D eigenvalue weighted by Gasteiger charge is -2.34. The van der Waals surface area contributed by atoms with E-state index in [1.165, 1.54) is 4.31 Å². The smallest absolute Gasteiger partial charge is 0.255 e. The highest BCUT2D eigenvalue weighted by Gasteiger charge is 2.32. The van der Waals surface area contributed by atoms with Crippen molar-refractivity contribution in [1.82, 2.24) is 13.8 Å². The Hall–Kier alpha value is -3.59. The highest BCUT2D eigenvalue weighted by molar-refractivity contribution is 7.89. The summed E-state index contributed by atoms with van der Waals surface area (Å²) in [6.45, 7) is 9.24. The highest BCUT2D eigenvalue weighted by atomic mass is 35.5. The van der Waals surface area contributed by atoms with Crippen molar-refractivity contribution in [2.24, 2.45) is 0 Å². The summed E-state index contributed by atoms with van der Waals surface area (Å²) in [5.74, 6) is 0.597. The Morgan fingerprint density at radius 1 is 0.881 bits per heavy atom. The van der Waals surface area contributed by atoms with Gasteiger partial charge in [0.05, 0.1) is 34.0 Å². The normalized spacial score (nSPS) is 14.7. The van der Waals surface area contributed by atoms with Gasteiger partial charge in [-0.1, -0.05) is 56.6 Å². The molecule has 1 amide bonds. The van der Waals surface area contributed by atoms with E-state index in [1.807, 2.05) is 78.2 Å². The summed E-state index contributed by atoms with van der Waals surface area (Å²) in [7, 11) is -2.04. The molecule has 1 aliphatic rings. The first-order valence-electron chi connectivity index (χ1n) is 13.9. The Morgan fingerprint density at radius 2 is 1.50 bits per heavy atom. The zero-order valence-corrected chi connectivity index (χ0v) is 26.2. The zero-order chi connectivity index (χ0) is 30.2. The topological polar surface area (TPSA) is 71.8 Å². The van der Waals surface area contributed by atoms with E-state index in [-0.39, 0.29) is 29.3 Å². The Labute approximate surface area is 253 Å². The lowest BCUT2D eigenvalue weighted by molar-refractivity contribution is 0.0697. The number of amides is 1. The molecule has 5 rings (SSSR count). The minimum atomic E-state index is -3.67. The summed E-state index contributed by atoms with van der Waals surface area (Å²) in [5.41, 5.74) is 4.82. The van der Waals surface area contributed by atoms with Crippen LogP contribution in [0.5, 0.6) is 5.75 Å². The molecule has 0 unspecified atom stereocenters. The summed E-state index contributed by atoms with van der Waals surface area (Å²) < 4.78 is 35.6. The molecule has 7 nitrogen and oxygen atoms in total. The average Bonchev–Trinajstić information content (AvgIpc) is 3.33. The first-order chi connectivity index (χ1) is 19.9. The van der Waals surface area contributed by atoms with E-state index < -0.39 is 10.0 Å². The molecule has 0 atom stereocenters. The second-order valence-corrected chi connectivity index (χ2v) is 13.9. The van der Waals surface area contributed by atoms with Gasteiger partial charge in [0.25, 0.3) is 5.91 Å². The molecule has 0 aliphatic carbocycles. The number of halogens is 1. The molecule has 0 spiro atoms. The van der Waals surface area contributed by atoms with Crippen LogP contribution >= 0.6 is 11.6 Å². The molecule has 0 radical (unpaired) electrons. The van der Waals surface area contributed by atoms with Crippen LogP contribution in [-0.4, -0.2) is 61.4 Å².